The van der Waals surface area contributed by atoms with Crippen molar-refractivity contribution in [2.24, 2.45) is 5.10 Å². The Morgan fingerprint density at radius 3 is 2.63 bits per heavy atom. The van der Waals surface area contributed by atoms with Gasteiger partial charge in [0.15, 0.2) is 5.82 Å². The van der Waals surface area contributed by atoms with E-state index in [1.165, 1.54) is 5.56 Å². The summed E-state index contributed by atoms with van der Waals surface area (Å²) in [6, 6.07) is 18.5. The van der Waals surface area contributed by atoms with Gasteiger partial charge in [0.2, 0.25) is 0 Å². The lowest BCUT2D eigenvalue weighted by Gasteiger charge is -2.37. The van der Waals surface area contributed by atoms with E-state index in [2.05, 4.69) is 75.7 Å². The first-order valence-electron chi connectivity index (χ1n) is 11.6. The molecule has 2 N–H and O–H groups in total. The van der Waals surface area contributed by atoms with Crippen LogP contribution in [-0.2, 0) is 5.33 Å². The van der Waals surface area contributed by atoms with Crippen molar-refractivity contribution in [1.82, 2.24) is 20.1 Å². The highest BCUT2D eigenvalue weighted by Crippen LogP contribution is 2.28. The topological polar surface area (TPSA) is 98.7 Å². The van der Waals surface area contributed by atoms with Gasteiger partial charge in [-0.15, -0.1) is 0 Å². The zero-order valence-electron chi connectivity index (χ0n) is 19.7. The lowest BCUT2D eigenvalue weighted by atomic mass is 9.96. The highest BCUT2D eigenvalue weighted by atomic mass is 79.9. The Morgan fingerprint density at radius 1 is 1.14 bits per heavy atom. The average molecular weight is 540 g/mol. The fraction of sp³-hybridized carbons (Fsp3) is 0.360. The Balaban J connectivity index is 1.37. The number of piperazine rings is 1. The van der Waals surface area contributed by atoms with Crippen molar-refractivity contribution in [3.8, 4) is 5.75 Å². The molecule has 1 unspecified atom stereocenters. The third-order valence-electron chi connectivity index (χ3n) is 6.11. The fourth-order valence-corrected chi connectivity index (χ4v) is 4.57. The number of nitrogens with one attached hydrogen (secondary N) is 2. The van der Waals surface area contributed by atoms with Gasteiger partial charge in [0.1, 0.15) is 11.4 Å². The van der Waals surface area contributed by atoms with Gasteiger partial charge in [0.05, 0.1) is 18.1 Å². The average Bonchev–Trinajstić information content (AvgIpc) is 2.91. The van der Waals surface area contributed by atoms with E-state index in [1.807, 2.05) is 36.5 Å². The largest absolute Gasteiger partial charge is 0.495 e. The van der Waals surface area contributed by atoms with Crippen molar-refractivity contribution in [1.29, 1.82) is 0 Å². The van der Waals surface area contributed by atoms with Crippen LogP contribution in [0.15, 0.2) is 64.5 Å². The minimum absolute atomic E-state index is 0.123. The van der Waals surface area contributed by atoms with Gasteiger partial charge in [0, 0.05) is 38.3 Å². The monoisotopic (exact) mass is 539 g/mol. The first-order valence-corrected chi connectivity index (χ1v) is 12.8. The minimum atomic E-state index is -0.515. The van der Waals surface area contributed by atoms with Crippen molar-refractivity contribution in [3.63, 3.8) is 0 Å². The SMILES string of the molecule is COc1ccccc1N1CCN(CCC(/C=N/Nc2nc(=O)[nH]nc2CBr)c2ccccc2)CC1. The van der Waals surface area contributed by atoms with Crippen LogP contribution >= 0.6 is 15.9 Å². The van der Waals surface area contributed by atoms with Gasteiger partial charge in [0.25, 0.3) is 0 Å². The van der Waals surface area contributed by atoms with E-state index in [0.29, 0.717) is 16.8 Å². The normalized spacial score (nSPS) is 15.3. The summed E-state index contributed by atoms with van der Waals surface area (Å²) in [5.74, 6) is 1.39. The van der Waals surface area contributed by atoms with Crippen LogP contribution in [0.2, 0.25) is 0 Å². The molecule has 2 aromatic carbocycles. The third kappa shape index (κ3) is 6.67. The van der Waals surface area contributed by atoms with E-state index in [4.69, 9.17) is 4.74 Å². The Morgan fingerprint density at radius 2 is 1.89 bits per heavy atom. The van der Waals surface area contributed by atoms with Crippen LogP contribution < -0.4 is 20.8 Å². The number of H-pyrrole nitrogens is 1. The van der Waals surface area contributed by atoms with Crippen LogP contribution in [0.1, 0.15) is 23.6 Å². The molecule has 184 valence electrons. The van der Waals surface area contributed by atoms with E-state index in [1.54, 1.807) is 7.11 Å². The molecule has 1 fully saturated rings. The smallest absolute Gasteiger partial charge is 0.363 e. The summed E-state index contributed by atoms with van der Waals surface area (Å²) in [5, 5.41) is 11.2. The lowest BCUT2D eigenvalue weighted by Crippen LogP contribution is -2.47. The number of rotatable bonds is 10. The molecule has 3 aromatic rings. The number of hydrogen-bond donors (Lipinski definition) is 2. The molecule has 1 aliphatic rings. The van der Waals surface area contributed by atoms with E-state index in [0.717, 1.165) is 50.6 Å². The maximum absolute atomic E-state index is 11.6. The number of aromatic amines is 1. The van der Waals surface area contributed by atoms with Crippen LogP contribution in [0.5, 0.6) is 5.75 Å². The minimum Gasteiger partial charge on any atom is -0.495 e. The molecule has 1 atom stereocenters. The van der Waals surface area contributed by atoms with Gasteiger partial charge < -0.3 is 9.64 Å². The van der Waals surface area contributed by atoms with Crippen molar-refractivity contribution < 1.29 is 4.74 Å². The Kier molecular flexibility index (Phi) is 8.85. The molecule has 9 nitrogen and oxygen atoms in total. The maximum atomic E-state index is 11.6. The number of alkyl halides is 1. The number of benzene rings is 2. The summed E-state index contributed by atoms with van der Waals surface area (Å²) in [6.07, 6.45) is 2.82. The summed E-state index contributed by atoms with van der Waals surface area (Å²) in [7, 11) is 1.72. The molecule has 1 saturated heterocycles. The van der Waals surface area contributed by atoms with Crippen LogP contribution in [0.25, 0.3) is 0 Å². The number of ether oxygens (including phenoxy) is 1. The number of aromatic nitrogens is 3. The number of halogens is 1. The van der Waals surface area contributed by atoms with Gasteiger partial charge in [-0.2, -0.15) is 15.2 Å². The second-order valence-electron chi connectivity index (χ2n) is 8.27. The van der Waals surface area contributed by atoms with Crippen LogP contribution in [-0.4, -0.2) is 66.1 Å². The van der Waals surface area contributed by atoms with Crippen LogP contribution in [0.4, 0.5) is 11.5 Å². The van der Waals surface area contributed by atoms with Gasteiger partial charge in [-0.05, 0) is 30.7 Å². The molecule has 0 radical (unpaired) electrons. The van der Waals surface area contributed by atoms with Crippen molar-refractivity contribution >= 4 is 33.6 Å². The molecule has 4 rings (SSSR count). The molecular weight excluding hydrogens is 510 g/mol. The zero-order valence-corrected chi connectivity index (χ0v) is 21.3. The van der Waals surface area contributed by atoms with Crippen LogP contribution in [0.3, 0.4) is 0 Å². The fourth-order valence-electron chi connectivity index (χ4n) is 4.18. The molecule has 0 aliphatic carbocycles. The summed E-state index contributed by atoms with van der Waals surface area (Å²) in [4.78, 5) is 20.4. The molecule has 1 aliphatic heterocycles. The second kappa shape index (κ2) is 12.5. The van der Waals surface area contributed by atoms with Crippen molar-refractivity contribution in [3.05, 3.63) is 76.3 Å². The van der Waals surface area contributed by atoms with E-state index >= 15 is 0 Å². The molecule has 0 bridgehead atoms. The summed E-state index contributed by atoms with van der Waals surface area (Å²) in [6.45, 7) is 4.87. The highest BCUT2D eigenvalue weighted by molar-refractivity contribution is 9.08. The first kappa shape index (κ1) is 24.9. The summed E-state index contributed by atoms with van der Waals surface area (Å²) >= 11 is 3.35. The molecule has 1 aromatic heterocycles. The summed E-state index contributed by atoms with van der Waals surface area (Å²) in [5.41, 5.74) is 5.32. The molecular formula is C25H30BrN7O2. The van der Waals surface area contributed by atoms with Crippen LogP contribution in [0, 0.1) is 0 Å². The molecule has 0 saturated carbocycles. The van der Waals surface area contributed by atoms with E-state index in [-0.39, 0.29) is 5.92 Å². The number of anilines is 2. The Bertz CT molecular complexity index is 1160. The molecule has 0 spiro atoms. The molecule has 10 heteroatoms. The van der Waals surface area contributed by atoms with Gasteiger partial charge in [-0.3, -0.25) is 10.3 Å². The highest BCUT2D eigenvalue weighted by Gasteiger charge is 2.20. The Hall–Kier alpha value is -3.24. The first-order chi connectivity index (χ1) is 17.2. The Labute approximate surface area is 213 Å². The standard InChI is InChI=1S/C25H30BrN7O2/c1-35-23-10-6-5-9-22(23)33-15-13-32(14-16-33)12-11-20(19-7-3-2-4-8-19)18-27-30-24-21(17-26)29-31-25(34)28-24/h2-10,18,20H,11-17H2,1H3,(H2,28,30,31,34)/b27-18+. The summed E-state index contributed by atoms with van der Waals surface area (Å²) < 4.78 is 5.54. The predicted molar refractivity (Wildman–Crippen MR) is 143 cm³/mol. The van der Waals surface area contributed by atoms with Gasteiger partial charge in [-0.25, -0.2) is 9.89 Å². The zero-order chi connectivity index (χ0) is 24.5. The second-order valence-corrected chi connectivity index (χ2v) is 8.83. The predicted octanol–water partition coefficient (Wildman–Crippen LogP) is 3.46. The van der Waals surface area contributed by atoms with Crippen molar-refractivity contribution in [2.75, 3.05) is 50.2 Å². The van der Waals surface area contributed by atoms with E-state index < -0.39 is 5.69 Å². The number of methoxy groups -OCH3 is 1. The third-order valence-corrected chi connectivity index (χ3v) is 6.64. The molecule has 35 heavy (non-hydrogen) atoms. The number of nitrogens with zero attached hydrogens (tertiary/aromatic N) is 5. The quantitative estimate of drug-likeness (QED) is 0.231. The number of hydrazone groups is 1. The van der Waals surface area contributed by atoms with Gasteiger partial charge >= 0.3 is 5.69 Å². The van der Waals surface area contributed by atoms with E-state index in [9.17, 15) is 4.79 Å². The number of para-hydroxylation sites is 2. The maximum Gasteiger partial charge on any atom is 0.363 e. The van der Waals surface area contributed by atoms with Gasteiger partial charge in [-0.1, -0.05) is 58.4 Å². The van der Waals surface area contributed by atoms with Crippen molar-refractivity contribution in [2.45, 2.75) is 17.7 Å². The lowest BCUT2D eigenvalue weighted by molar-refractivity contribution is 0.252. The number of hydrogen-bond acceptors (Lipinski definition) is 8. The molecule has 0 amide bonds. The molecule has 2 heterocycles.